The Balaban J connectivity index is 2.19. The minimum absolute atomic E-state index is 0.226. The van der Waals surface area contributed by atoms with E-state index >= 15 is 0 Å². The van der Waals surface area contributed by atoms with Crippen molar-refractivity contribution in [2.24, 2.45) is 0 Å². The predicted molar refractivity (Wildman–Crippen MR) is 72.8 cm³/mol. The van der Waals surface area contributed by atoms with Gasteiger partial charge in [0, 0.05) is 21.9 Å². The average molecular weight is 269 g/mol. The highest BCUT2D eigenvalue weighted by atomic mass is 35.5. The molecule has 1 aromatic heterocycles. The Morgan fingerprint density at radius 3 is 2.71 bits per heavy atom. The quantitative estimate of drug-likeness (QED) is 0.867. The van der Waals surface area contributed by atoms with Crippen LogP contribution in [-0.2, 0) is 6.42 Å². The van der Waals surface area contributed by atoms with E-state index in [2.05, 4.69) is 16.4 Å². The molecule has 0 saturated heterocycles. The molecule has 0 radical (unpaired) electrons. The van der Waals surface area contributed by atoms with Crippen LogP contribution in [0.15, 0.2) is 36.5 Å². The molecule has 17 heavy (non-hydrogen) atoms. The Morgan fingerprint density at radius 1 is 1.29 bits per heavy atom. The summed E-state index contributed by atoms with van der Waals surface area (Å²) < 4.78 is 0. The summed E-state index contributed by atoms with van der Waals surface area (Å²) in [5.41, 5.74) is 2.24. The fourth-order valence-electron chi connectivity index (χ4n) is 1.84. The Morgan fingerprint density at radius 2 is 2.12 bits per heavy atom. The third-order valence-corrected chi connectivity index (χ3v) is 3.37. The molecule has 0 bridgehead atoms. The van der Waals surface area contributed by atoms with Crippen molar-refractivity contribution in [1.29, 1.82) is 0 Å². The highest BCUT2D eigenvalue weighted by Gasteiger charge is 2.12. The van der Waals surface area contributed by atoms with Crippen molar-refractivity contribution in [1.82, 2.24) is 10.3 Å². The van der Waals surface area contributed by atoms with Crippen LogP contribution < -0.4 is 5.32 Å². The zero-order valence-corrected chi connectivity index (χ0v) is 11.0. The number of hydrogen-bond donors (Lipinski definition) is 2. The number of rotatable bonds is 4. The highest BCUT2D eigenvalue weighted by Crippen LogP contribution is 2.25. The first kappa shape index (κ1) is 12.5. The molecule has 2 nitrogen and oxygen atoms in total. The normalized spacial score (nSPS) is 12.6. The summed E-state index contributed by atoms with van der Waals surface area (Å²) in [6, 6.07) is 9.89. The largest absolute Gasteiger partial charge is 0.364 e. The molecule has 1 unspecified atom stereocenters. The molecule has 2 aromatic rings. The second-order valence-corrected chi connectivity index (χ2v) is 4.75. The number of halogens is 2. The van der Waals surface area contributed by atoms with Crippen molar-refractivity contribution in [3.05, 3.63) is 57.8 Å². The van der Waals surface area contributed by atoms with Crippen molar-refractivity contribution >= 4 is 23.2 Å². The van der Waals surface area contributed by atoms with Gasteiger partial charge in [-0.05, 0) is 43.3 Å². The lowest BCUT2D eigenvalue weighted by molar-refractivity contribution is 0.579. The number of H-pyrrole nitrogens is 1. The van der Waals surface area contributed by atoms with E-state index in [9.17, 15) is 0 Å². The molecule has 0 amide bonds. The third kappa shape index (κ3) is 3.03. The van der Waals surface area contributed by atoms with Crippen LogP contribution in [0.4, 0.5) is 0 Å². The zero-order chi connectivity index (χ0) is 12.3. The summed E-state index contributed by atoms with van der Waals surface area (Å²) in [7, 11) is 1.94. The van der Waals surface area contributed by atoms with E-state index in [1.807, 2.05) is 31.4 Å². The van der Waals surface area contributed by atoms with Gasteiger partial charge in [0.1, 0.15) is 0 Å². The van der Waals surface area contributed by atoms with E-state index in [1.54, 1.807) is 6.07 Å². The molecule has 0 aliphatic heterocycles. The summed E-state index contributed by atoms with van der Waals surface area (Å²) >= 11 is 12.1. The van der Waals surface area contributed by atoms with Crippen molar-refractivity contribution in [3.8, 4) is 0 Å². The standard InChI is InChI=1S/C13H14Cl2N2/c1-16-13(12-3-2-6-17-12)7-9-4-5-10(14)8-11(9)15/h2-6,8,13,16-17H,7H2,1H3. The topological polar surface area (TPSA) is 27.8 Å². The number of aromatic nitrogens is 1. The Bertz CT molecular complexity index is 480. The van der Waals surface area contributed by atoms with Gasteiger partial charge in [-0.1, -0.05) is 29.3 Å². The van der Waals surface area contributed by atoms with Gasteiger partial charge in [0.2, 0.25) is 0 Å². The van der Waals surface area contributed by atoms with Gasteiger partial charge in [-0.25, -0.2) is 0 Å². The molecule has 2 N–H and O–H groups in total. The first-order valence-electron chi connectivity index (χ1n) is 5.45. The fraction of sp³-hybridized carbons (Fsp3) is 0.231. The fourth-order valence-corrected chi connectivity index (χ4v) is 2.32. The van der Waals surface area contributed by atoms with E-state index in [0.717, 1.165) is 17.7 Å². The second-order valence-electron chi connectivity index (χ2n) is 3.91. The number of nitrogens with one attached hydrogen (secondary N) is 2. The van der Waals surface area contributed by atoms with Gasteiger partial charge in [-0.3, -0.25) is 0 Å². The van der Waals surface area contributed by atoms with Crippen molar-refractivity contribution in [3.63, 3.8) is 0 Å². The molecule has 1 atom stereocenters. The Hall–Kier alpha value is -0.960. The SMILES string of the molecule is CNC(Cc1ccc(Cl)cc1Cl)c1ccc[nH]1. The maximum absolute atomic E-state index is 6.17. The molecule has 1 heterocycles. The molecular formula is C13H14Cl2N2. The summed E-state index contributed by atoms with van der Waals surface area (Å²) in [6.45, 7) is 0. The van der Waals surface area contributed by atoms with Gasteiger partial charge in [-0.15, -0.1) is 0 Å². The maximum Gasteiger partial charge on any atom is 0.0511 e. The summed E-state index contributed by atoms with van der Waals surface area (Å²) in [5, 5.41) is 4.65. The van der Waals surface area contributed by atoms with E-state index in [4.69, 9.17) is 23.2 Å². The van der Waals surface area contributed by atoms with E-state index in [1.165, 1.54) is 0 Å². The van der Waals surface area contributed by atoms with Gasteiger partial charge in [0.15, 0.2) is 0 Å². The van der Waals surface area contributed by atoms with Gasteiger partial charge in [0.25, 0.3) is 0 Å². The van der Waals surface area contributed by atoms with Crippen LogP contribution >= 0.6 is 23.2 Å². The minimum Gasteiger partial charge on any atom is -0.364 e. The first-order chi connectivity index (χ1) is 8.20. The molecule has 1 aromatic carbocycles. The van der Waals surface area contributed by atoms with Crippen LogP contribution in [0.25, 0.3) is 0 Å². The molecule has 0 aliphatic rings. The number of aromatic amines is 1. The molecule has 0 spiro atoms. The number of benzene rings is 1. The lowest BCUT2D eigenvalue weighted by Gasteiger charge is -2.15. The zero-order valence-electron chi connectivity index (χ0n) is 9.50. The molecule has 0 fully saturated rings. The smallest absolute Gasteiger partial charge is 0.0511 e. The van der Waals surface area contributed by atoms with Crippen molar-refractivity contribution < 1.29 is 0 Å². The molecule has 0 saturated carbocycles. The van der Waals surface area contributed by atoms with Gasteiger partial charge >= 0.3 is 0 Å². The van der Waals surface area contributed by atoms with Gasteiger partial charge in [0.05, 0.1) is 6.04 Å². The van der Waals surface area contributed by atoms with Crippen LogP contribution in [-0.4, -0.2) is 12.0 Å². The summed E-state index contributed by atoms with van der Waals surface area (Å²) in [5.74, 6) is 0. The number of hydrogen-bond acceptors (Lipinski definition) is 1. The first-order valence-corrected chi connectivity index (χ1v) is 6.21. The van der Waals surface area contributed by atoms with Crippen molar-refractivity contribution in [2.45, 2.75) is 12.5 Å². The van der Waals surface area contributed by atoms with Crippen LogP contribution in [0.2, 0.25) is 10.0 Å². The van der Waals surface area contributed by atoms with Crippen LogP contribution in [0.5, 0.6) is 0 Å². The van der Waals surface area contributed by atoms with E-state index in [0.29, 0.717) is 10.0 Å². The third-order valence-electron chi connectivity index (χ3n) is 2.79. The molecule has 90 valence electrons. The van der Waals surface area contributed by atoms with Gasteiger partial charge in [-0.2, -0.15) is 0 Å². The summed E-state index contributed by atoms with van der Waals surface area (Å²) in [6.07, 6.45) is 2.75. The number of likely N-dealkylation sites (N-methyl/N-ethyl adjacent to an activating group) is 1. The Labute approximate surface area is 111 Å². The Kier molecular flexibility index (Phi) is 4.11. The minimum atomic E-state index is 0.226. The monoisotopic (exact) mass is 268 g/mol. The van der Waals surface area contributed by atoms with Gasteiger partial charge < -0.3 is 10.3 Å². The van der Waals surface area contributed by atoms with Crippen molar-refractivity contribution in [2.75, 3.05) is 7.05 Å². The average Bonchev–Trinajstić information content (AvgIpc) is 2.81. The lowest BCUT2D eigenvalue weighted by atomic mass is 10.0. The van der Waals surface area contributed by atoms with Crippen LogP contribution in [0, 0.1) is 0 Å². The maximum atomic E-state index is 6.17. The highest BCUT2D eigenvalue weighted by molar-refractivity contribution is 6.35. The molecule has 4 heteroatoms. The molecule has 0 aliphatic carbocycles. The predicted octanol–water partition coefficient (Wildman–Crippen LogP) is 3.82. The second kappa shape index (κ2) is 5.58. The lowest BCUT2D eigenvalue weighted by Crippen LogP contribution is -2.19. The van der Waals surface area contributed by atoms with Crippen LogP contribution in [0.3, 0.4) is 0 Å². The summed E-state index contributed by atoms with van der Waals surface area (Å²) in [4.78, 5) is 3.21. The molecule has 2 rings (SSSR count). The van der Waals surface area contributed by atoms with E-state index < -0.39 is 0 Å². The van der Waals surface area contributed by atoms with Crippen LogP contribution in [0.1, 0.15) is 17.3 Å². The van der Waals surface area contributed by atoms with E-state index in [-0.39, 0.29) is 6.04 Å². The molecular weight excluding hydrogens is 255 g/mol.